The predicted octanol–water partition coefficient (Wildman–Crippen LogP) is 3.41. The Labute approximate surface area is 115 Å². The first-order valence-corrected chi connectivity index (χ1v) is 6.28. The summed E-state index contributed by atoms with van der Waals surface area (Å²) in [7, 11) is 0. The smallest absolute Gasteiger partial charge is 0.133 e. The summed E-state index contributed by atoms with van der Waals surface area (Å²) in [6.45, 7) is 0.982. The first-order valence-electron chi connectivity index (χ1n) is 5.52. The molecule has 5 heteroatoms. The molecule has 1 aromatic heterocycles. The van der Waals surface area contributed by atoms with E-state index in [1.54, 1.807) is 18.2 Å². The maximum Gasteiger partial charge on any atom is 0.133 e. The van der Waals surface area contributed by atoms with Gasteiger partial charge in [-0.05, 0) is 35.9 Å². The van der Waals surface area contributed by atoms with E-state index >= 15 is 0 Å². The van der Waals surface area contributed by atoms with Crippen LogP contribution in [0.4, 0.5) is 0 Å². The largest absolute Gasteiger partial charge is 0.467 e. The van der Waals surface area contributed by atoms with Crippen LogP contribution in [0.25, 0.3) is 0 Å². The zero-order chi connectivity index (χ0) is 13.0. The van der Waals surface area contributed by atoms with Crippen molar-refractivity contribution in [2.24, 2.45) is 0 Å². The summed E-state index contributed by atoms with van der Waals surface area (Å²) in [5.41, 5.74) is 0.971. The van der Waals surface area contributed by atoms with Crippen LogP contribution < -0.4 is 5.32 Å². The van der Waals surface area contributed by atoms with E-state index < -0.39 is 6.10 Å². The molecule has 0 fully saturated rings. The van der Waals surface area contributed by atoms with Gasteiger partial charge in [0, 0.05) is 23.1 Å². The van der Waals surface area contributed by atoms with Gasteiger partial charge in [-0.15, -0.1) is 0 Å². The lowest BCUT2D eigenvalue weighted by Crippen LogP contribution is -2.20. The van der Waals surface area contributed by atoms with E-state index in [0.717, 1.165) is 5.56 Å². The number of hydrogen-bond acceptors (Lipinski definition) is 3. The normalized spacial score (nSPS) is 12.6. The average molecular weight is 286 g/mol. The van der Waals surface area contributed by atoms with Gasteiger partial charge >= 0.3 is 0 Å². The molecule has 2 aromatic rings. The Bertz CT molecular complexity index is 479. The highest BCUT2D eigenvalue weighted by Crippen LogP contribution is 2.19. The molecule has 96 valence electrons. The third-order valence-corrected chi connectivity index (χ3v) is 2.90. The van der Waals surface area contributed by atoms with Crippen molar-refractivity contribution >= 4 is 23.2 Å². The number of rotatable bonds is 5. The molecule has 0 aliphatic carbocycles. The topological polar surface area (TPSA) is 45.4 Å². The van der Waals surface area contributed by atoms with Gasteiger partial charge in [-0.25, -0.2) is 0 Å². The average Bonchev–Trinajstić information content (AvgIpc) is 2.80. The fourth-order valence-electron chi connectivity index (χ4n) is 1.65. The molecular formula is C13H13Cl2NO2. The number of aliphatic hydroxyl groups is 1. The molecule has 0 aliphatic heterocycles. The monoisotopic (exact) mass is 285 g/mol. The number of halogens is 2. The highest BCUT2D eigenvalue weighted by molar-refractivity contribution is 6.34. The van der Waals surface area contributed by atoms with Crippen LogP contribution in [0, 0.1) is 0 Å². The van der Waals surface area contributed by atoms with E-state index in [-0.39, 0.29) is 0 Å². The SMILES string of the molecule is OC(CNCc1cc(Cl)cc(Cl)c1)c1ccco1. The van der Waals surface area contributed by atoms with Crippen LogP contribution in [0.2, 0.25) is 10.0 Å². The molecular weight excluding hydrogens is 273 g/mol. The van der Waals surface area contributed by atoms with E-state index in [4.69, 9.17) is 27.6 Å². The summed E-state index contributed by atoms with van der Waals surface area (Å²) in [6.07, 6.45) is 0.879. The molecule has 0 bridgehead atoms. The molecule has 2 rings (SSSR count). The van der Waals surface area contributed by atoms with E-state index in [0.29, 0.717) is 28.9 Å². The predicted molar refractivity (Wildman–Crippen MR) is 71.8 cm³/mol. The van der Waals surface area contributed by atoms with Gasteiger partial charge in [0.2, 0.25) is 0 Å². The van der Waals surface area contributed by atoms with Crippen LogP contribution in [0.3, 0.4) is 0 Å². The van der Waals surface area contributed by atoms with Gasteiger partial charge in [0.15, 0.2) is 0 Å². The van der Waals surface area contributed by atoms with Gasteiger partial charge in [0.1, 0.15) is 11.9 Å². The van der Waals surface area contributed by atoms with Crippen LogP contribution in [0.5, 0.6) is 0 Å². The Morgan fingerprint density at radius 3 is 2.56 bits per heavy atom. The van der Waals surface area contributed by atoms with Crippen LogP contribution in [-0.4, -0.2) is 11.7 Å². The molecule has 0 saturated carbocycles. The van der Waals surface area contributed by atoms with E-state index in [1.807, 2.05) is 12.1 Å². The Hall–Kier alpha value is -1.00. The number of hydrogen-bond donors (Lipinski definition) is 2. The second-order valence-corrected chi connectivity index (χ2v) is 4.81. The minimum atomic E-state index is -0.658. The lowest BCUT2D eigenvalue weighted by Gasteiger charge is -2.10. The summed E-state index contributed by atoms with van der Waals surface area (Å²) in [5, 5.41) is 14.1. The van der Waals surface area contributed by atoms with Gasteiger partial charge < -0.3 is 14.8 Å². The van der Waals surface area contributed by atoms with Crippen molar-refractivity contribution in [3.05, 3.63) is 58.0 Å². The highest BCUT2D eigenvalue weighted by atomic mass is 35.5. The first kappa shape index (κ1) is 13.4. The number of aliphatic hydroxyl groups excluding tert-OH is 1. The zero-order valence-electron chi connectivity index (χ0n) is 9.57. The van der Waals surface area contributed by atoms with Crippen molar-refractivity contribution in [2.45, 2.75) is 12.6 Å². The maximum absolute atomic E-state index is 9.79. The molecule has 0 aliphatic rings. The molecule has 2 N–H and O–H groups in total. The van der Waals surface area contributed by atoms with Gasteiger partial charge in [-0.3, -0.25) is 0 Å². The second kappa shape index (κ2) is 6.25. The van der Waals surface area contributed by atoms with E-state index in [2.05, 4.69) is 5.32 Å². The van der Waals surface area contributed by atoms with Crippen molar-refractivity contribution < 1.29 is 9.52 Å². The van der Waals surface area contributed by atoms with Gasteiger partial charge in [-0.1, -0.05) is 23.2 Å². The Kier molecular flexibility index (Phi) is 4.66. The summed E-state index contributed by atoms with van der Waals surface area (Å²) in [4.78, 5) is 0. The Morgan fingerprint density at radius 1 is 1.22 bits per heavy atom. The molecule has 0 spiro atoms. The third-order valence-electron chi connectivity index (χ3n) is 2.46. The van der Waals surface area contributed by atoms with Crippen molar-refractivity contribution in [1.29, 1.82) is 0 Å². The lowest BCUT2D eigenvalue weighted by atomic mass is 10.2. The third kappa shape index (κ3) is 3.75. The van der Waals surface area contributed by atoms with Gasteiger partial charge in [-0.2, -0.15) is 0 Å². The molecule has 1 aromatic carbocycles. The van der Waals surface area contributed by atoms with Crippen molar-refractivity contribution in [3.63, 3.8) is 0 Å². The molecule has 0 amide bonds. The van der Waals surface area contributed by atoms with E-state index in [1.165, 1.54) is 6.26 Å². The molecule has 3 nitrogen and oxygen atoms in total. The molecule has 1 heterocycles. The van der Waals surface area contributed by atoms with E-state index in [9.17, 15) is 5.11 Å². The van der Waals surface area contributed by atoms with Gasteiger partial charge in [0.25, 0.3) is 0 Å². The number of benzene rings is 1. The fourth-order valence-corrected chi connectivity index (χ4v) is 2.22. The summed E-state index contributed by atoms with van der Waals surface area (Å²) in [6, 6.07) is 8.83. The molecule has 0 radical (unpaired) electrons. The maximum atomic E-state index is 9.79. The number of nitrogens with one attached hydrogen (secondary N) is 1. The number of furan rings is 1. The van der Waals surface area contributed by atoms with Gasteiger partial charge in [0.05, 0.1) is 6.26 Å². The van der Waals surface area contributed by atoms with Crippen LogP contribution >= 0.6 is 23.2 Å². The fraction of sp³-hybridized carbons (Fsp3) is 0.231. The van der Waals surface area contributed by atoms with Crippen LogP contribution in [-0.2, 0) is 6.54 Å². The molecule has 18 heavy (non-hydrogen) atoms. The van der Waals surface area contributed by atoms with Crippen molar-refractivity contribution in [2.75, 3.05) is 6.54 Å². The molecule has 0 saturated heterocycles. The first-order chi connectivity index (χ1) is 8.65. The zero-order valence-corrected chi connectivity index (χ0v) is 11.1. The van der Waals surface area contributed by atoms with Crippen LogP contribution in [0.1, 0.15) is 17.4 Å². The second-order valence-electron chi connectivity index (χ2n) is 3.94. The highest BCUT2D eigenvalue weighted by Gasteiger charge is 2.09. The summed E-state index contributed by atoms with van der Waals surface area (Å²) < 4.78 is 5.10. The Morgan fingerprint density at radius 2 is 1.94 bits per heavy atom. The minimum Gasteiger partial charge on any atom is -0.467 e. The minimum absolute atomic E-state index is 0.400. The Balaban J connectivity index is 1.85. The molecule has 1 unspecified atom stereocenters. The summed E-state index contributed by atoms with van der Waals surface area (Å²) >= 11 is 11.8. The standard InChI is InChI=1S/C13H13Cl2NO2/c14-10-4-9(5-11(15)6-10)7-16-8-12(17)13-2-1-3-18-13/h1-6,12,16-17H,7-8H2. The molecule has 1 atom stereocenters. The van der Waals surface area contributed by atoms with Crippen LogP contribution in [0.15, 0.2) is 41.0 Å². The quantitative estimate of drug-likeness (QED) is 0.885. The summed E-state index contributed by atoms with van der Waals surface area (Å²) in [5.74, 6) is 0.548. The van der Waals surface area contributed by atoms with Crippen molar-refractivity contribution in [1.82, 2.24) is 5.32 Å². The van der Waals surface area contributed by atoms with Crippen molar-refractivity contribution in [3.8, 4) is 0 Å². The lowest BCUT2D eigenvalue weighted by molar-refractivity contribution is 0.147.